The molecule has 0 radical (unpaired) electrons. The quantitative estimate of drug-likeness (QED) is 0.920. The maximum atomic E-state index is 5.69. The van der Waals surface area contributed by atoms with Crippen molar-refractivity contribution in [2.75, 3.05) is 12.8 Å². The lowest BCUT2D eigenvalue weighted by Crippen LogP contribution is -1.91. The van der Waals surface area contributed by atoms with E-state index in [2.05, 4.69) is 21.1 Å². The highest BCUT2D eigenvalue weighted by molar-refractivity contribution is 9.10. The topological polar surface area (TPSA) is 61.3 Å². The van der Waals surface area contributed by atoms with Crippen LogP contribution < -0.4 is 10.5 Å². The summed E-state index contributed by atoms with van der Waals surface area (Å²) in [5, 5.41) is 3.66. The van der Waals surface area contributed by atoms with Crippen molar-refractivity contribution in [3.63, 3.8) is 0 Å². The number of aromatic nitrogens is 1. The Balaban J connectivity index is 2.59. The van der Waals surface area contributed by atoms with Crippen LogP contribution in [0.5, 0.6) is 5.75 Å². The number of nitrogens with zero attached hydrogens (tertiary/aromatic N) is 1. The third kappa shape index (κ3) is 1.78. The van der Waals surface area contributed by atoms with E-state index in [-0.39, 0.29) is 0 Å². The van der Waals surface area contributed by atoms with Crippen molar-refractivity contribution in [2.45, 2.75) is 6.92 Å². The molecule has 2 aromatic rings. The van der Waals surface area contributed by atoms with Gasteiger partial charge in [-0.2, -0.15) is 0 Å². The van der Waals surface area contributed by atoms with E-state index in [0.717, 1.165) is 26.9 Å². The van der Waals surface area contributed by atoms with Gasteiger partial charge in [-0.25, -0.2) is 0 Å². The molecule has 1 aromatic heterocycles. The van der Waals surface area contributed by atoms with E-state index in [4.69, 9.17) is 15.0 Å². The molecule has 1 aromatic carbocycles. The summed E-state index contributed by atoms with van der Waals surface area (Å²) in [6.45, 7) is 1.98. The van der Waals surface area contributed by atoms with Crippen LogP contribution in [0, 0.1) is 6.92 Å². The normalized spacial score (nSPS) is 10.4. The summed E-state index contributed by atoms with van der Waals surface area (Å²) in [5.74, 6) is 1.11. The lowest BCUT2D eigenvalue weighted by molar-refractivity contribution is 0.412. The molecule has 1 heterocycles. The number of nitrogen functional groups attached to an aromatic ring is 1. The third-order valence-corrected chi connectivity index (χ3v) is 3.01. The van der Waals surface area contributed by atoms with Gasteiger partial charge < -0.3 is 15.0 Å². The maximum Gasteiger partial charge on any atom is 0.229 e. The minimum Gasteiger partial charge on any atom is -0.496 e. The highest BCUT2D eigenvalue weighted by Gasteiger charge is 2.12. The van der Waals surface area contributed by atoms with Gasteiger partial charge in [-0.3, -0.25) is 0 Å². The Kier molecular flexibility index (Phi) is 2.87. The number of benzene rings is 1. The number of rotatable bonds is 2. The molecular weight excluding hydrogens is 272 g/mol. The lowest BCUT2D eigenvalue weighted by Gasteiger charge is -2.09. The fraction of sp³-hybridized carbons (Fsp3) is 0.182. The first-order chi connectivity index (χ1) is 7.63. The van der Waals surface area contributed by atoms with Gasteiger partial charge in [-0.1, -0.05) is 5.16 Å². The molecule has 0 bridgehead atoms. The molecular formula is C11H11BrN2O2. The van der Waals surface area contributed by atoms with Gasteiger partial charge in [-0.15, -0.1) is 0 Å². The fourth-order valence-corrected chi connectivity index (χ4v) is 2.06. The summed E-state index contributed by atoms with van der Waals surface area (Å²) in [4.78, 5) is 0. The van der Waals surface area contributed by atoms with Crippen LogP contribution in [0.2, 0.25) is 0 Å². The second-order valence-corrected chi connectivity index (χ2v) is 4.26. The number of methoxy groups -OCH3 is 1. The smallest absolute Gasteiger partial charge is 0.229 e. The van der Waals surface area contributed by atoms with Gasteiger partial charge in [0.2, 0.25) is 5.88 Å². The number of anilines is 1. The average molecular weight is 283 g/mol. The second-order valence-electron chi connectivity index (χ2n) is 3.41. The number of halogens is 1. The van der Waals surface area contributed by atoms with Gasteiger partial charge in [0, 0.05) is 0 Å². The number of hydrogen-bond acceptors (Lipinski definition) is 4. The Morgan fingerprint density at radius 2 is 2.12 bits per heavy atom. The van der Waals surface area contributed by atoms with E-state index in [1.54, 1.807) is 13.3 Å². The first-order valence-electron chi connectivity index (χ1n) is 4.68. The Morgan fingerprint density at radius 3 is 2.69 bits per heavy atom. The number of aryl methyl sites for hydroxylation is 1. The highest BCUT2D eigenvalue weighted by Crippen LogP contribution is 2.35. The zero-order chi connectivity index (χ0) is 11.7. The van der Waals surface area contributed by atoms with E-state index in [9.17, 15) is 0 Å². The molecule has 16 heavy (non-hydrogen) atoms. The average Bonchev–Trinajstić information content (AvgIpc) is 2.67. The minimum atomic E-state index is 0.320. The molecule has 0 amide bonds. The fourth-order valence-electron chi connectivity index (χ4n) is 1.55. The zero-order valence-electron chi connectivity index (χ0n) is 8.95. The molecule has 0 fully saturated rings. The van der Waals surface area contributed by atoms with Crippen molar-refractivity contribution in [3.8, 4) is 16.9 Å². The van der Waals surface area contributed by atoms with Gasteiger partial charge in [0.15, 0.2) is 0 Å². The Labute approximate surface area is 102 Å². The van der Waals surface area contributed by atoms with Gasteiger partial charge in [0.1, 0.15) is 5.75 Å². The van der Waals surface area contributed by atoms with Crippen molar-refractivity contribution >= 4 is 21.8 Å². The van der Waals surface area contributed by atoms with E-state index < -0.39 is 0 Å². The summed E-state index contributed by atoms with van der Waals surface area (Å²) in [7, 11) is 1.63. The molecule has 5 heteroatoms. The molecule has 0 aliphatic rings. The second kappa shape index (κ2) is 4.17. The third-order valence-electron chi connectivity index (χ3n) is 2.39. The monoisotopic (exact) mass is 282 g/mol. The van der Waals surface area contributed by atoms with Crippen LogP contribution in [-0.4, -0.2) is 12.3 Å². The molecule has 0 saturated carbocycles. The molecule has 2 rings (SSSR count). The van der Waals surface area contributed by atoms with E-state index in [1.165, 1.54) is 0 Å². The zero-order valence-corrected chi connectivity index (χ0v) is 10.5. The Morgan fingerprint density at radius 1 is 1.38 bits per heavy atom. The molecule has 0 aliphatic heterocycles. The molecule has 2 N–H and O–H groups in total. The molecule has 84 valence electrons. The van der Waals surface area contributed by atoms with Crippen LogP contribution in [0.15, 0.2) is 27.3 Å². The van der Waals surface area contributed by atoms with Crippen LogP contribution in [0.1, 0.15) is 5.56 Å². The van der Waals surface area contributed by atoms with Gasteiger partial charge in [-0.05, 0) is 46.1 Å². The van der Waals surface area contributed by atoms with Crippen molar-refractivity contribution in [2.24, 2.45) is 0 Å². The molecule has 0 aliphatic carbocycles. The summed E-state index contributed by atoms with van der Waals surface area (Å²) < 4.78 is 10.9. The molecule has 0 unspecified atom stereocenters. The number of nitrogens with two attached hydrogens (primary N) is 1. The minimum absolute atomic E-state index is 0.320. The predicted molar refractivity (Wildman–Crippen MR) is 65.3 cm³/mol. The Hall–Kier alpha value is -1.49. The summed E-state index contributed by atoms with van der Waals surface area (Å²) in [6, 6.07) is 3.88. The van der Waals surface area contributed by atoms with Crippen molar-refractivity contribution in [1.82, 2.24) is 5.16 Å². The molecule has 4 nitrogen and oxygen atoms in total. The van der Waals surface area contributed by atoms with Crippen molar-refractivity contribution in [1.29, 1.82) is 0 Å². The SMILES string of the molecule is COc1cc(C)c(-c2cnoc2N)cc1Br. The van der Waals surface area contributed by atoms with Crippen LogP contribution in [0.3, 0.4) is 0 Å². The summed E-state index contributed by atoms with van der Waals surface area (Å²) >= 11 is 3.43. The number of ether oxygens (including phenoxy) is 1. The van der Waals surface area contributed by atoms with Crippen molar-refractivity contribution < 1.29 is 9.26 Å². The first-order valence-corrected chi connectivity index (χ1v) is 5.47. The first kappa shape index (κ1) is 11.0. The van der Waals surface area contributed by atoms with Gasteiger partial charge in [0.25, 0.3) is 0 Å². The Bertz CT molecular complexity index is 523. The maximum absolute atomic E-state index is 5.69. The van der Waals surface area contributed by atoms with Crippen molar-refractivity contribution in [3.05, 3.63) is 28.4 Å². The van der Waals surface area contributed by atoms with E-state index in [0.29, 0.717) is 5.88 Å². The largest absolute Gasteiger partial charge is 0.496 e. The van der Waals surface area contributed by atoms with E-state index in [1.807, 2.05) is 19.1 Å². The summed E-state index contributed by atoms with van der Waals surface area (Å²) in [6.07, 6.45) is 1.61. The van der Waals surface area contributed by atoms with Crippen LogP contribution >= 0.6 is 15.9 Å². The van der Waals surface area contributed by atoms with Crippen LogP contribution in [0.4, 0.5) is 5.88 Å². The van der Waals surface area contributed by atoms with Gasteiger partial charge in [0.05, 0.1) is 23.3 Å². The summed E-state index contributed by atoms with van der Waals surface area (Å²) in [5.41, 5.74) is 8.51. The standard InChI is InChI=1S/C11H11BrN2O2/c1-6-3-10(15-2)9(12)4-7(6)8-5-14-16-11(8)13/h3-5H,13H2,1-2H3. The van der Waals surface area contributed by atoms with Gasteiger partial charge >= 0.3 is 0 Å². The van der Waals surface area contributed by atoms with E-state index >= 15 is 0 Å². The van der Waals surface area contributed by atoms with Crippen LogP contribution in [-0.2, 0) is 0 Å². The highest BCUT2D eigenvalue weighted by atomic mass is 79.9. The molecule has 0 spiro atoms. The lowest BCUT2D eigenvalue weighted by atomic mass is 10.0. The molecule has 0 atom stereocenters. The number of hydrogen-bond donors (Lipinski definition) is 1. The molecule has 0 saturated heterocycles. The predicted octanol–water partition coefficient (Wildman–Crippen LogP) is 3.00. The van der Waals surface area contributed by atoms with Crippen LogP contribution in [0.25, 0.3) is 11.1 Å².